The SMILES string of the molecule is Cc1csc(C(C)NC2CCC(C)(C)c3ccccc32)n1. The molecule has 2 atom stereocenters. The van der Waals surface area contributed by atoms with Gasteiger partial charge in [0, 0.05) is 17.1 Å². The third-order valence-corrected chi connectivity index (χ3v) is 5.73. The minimum absolute atomic E-state index is 0.287. The van der Waals surface area contributed by atoms with Crippen LogP contribution in [0.25, 0.3) is 0 Å². The summed E-state index contributed by atoms with van der Waals surface area (Å²) in [7, 11) is 0. The Kier molecular flexibility index (Phi) is 3.89. The number of nitrogens with one attached hydrogen (secondary N) is 1. The largest absolute Gasteiger partial charge is 0.301 e. The molecular weight excluding hydrogens is 276 g/mol. The highest BCUT2D eigenvalue weighted by Crippen LogP contribution is 2.42. The zero-order valence-corrected chi connectivity index (χ0v) is 14.1. The van der Waals surface area contributed by atoms with Gasteiger partial charge in [-0.05, 0) is 43.2 Å². The van der Waals surface area contributed by atoms with E-state index in [0.29, 0.717) is 12.1 Å². The third kappa shape index (κ3) is 2.90. The molecule has 2 nitrogen and oxygen atoms in total. The molecule has 0 amide bonds. The molecule has 2 unspecified atom stereocenters. The van der Waals surface area contributed by atoms with Gasteiger partial charge >= 0.3 is 0 Å². The molecule has 0 aliphatic heterocycles. The lowest BCUT2D eigenvalue weighted by Gasteiger charge is -2.38. The van der Waals surface area contributed by atoms with Crippen molar-refractivity contribution in [2.45, 2.75) is 58.0 Å². The van der Waals surface area contributed by atoms with Gasteiger partial charge in [-0.15, -0.1) is 11.3 Å². The van der Waals surface area contributed by atoms with Crippen molar-refractivity contribution in [3.05, 3.63) is 51.5 Å². The summed E-state index contributed by atoms with van der Waals surface area (Å²) in [5.74, 6) is 0. The van der Waals surface area contributed by atoms with Gasteiger partial charge in [0.2, 0.25) is 0 Å². The molecule has 0 saturated carbocycles. The predicted octanol–water partition coefficient (Wildman–Crippen LogP) is 4.91. The second kappa shape index (κ2) is 5.54. The normalized spacial score (nSPS) is 21.8. The van der Waals surface area contributed by atoms with E-state index in [1.807, 2.05) is 0 Å². The van der Waals surface area contributed by atoms with E-state index in [9.17, 15) is 0 Å². The highest BCUT2D eigenvalue weighted by molar-refractivity contribution is 7.09. The molecule has 112 valence electrons. The van der Waals surface area contributed by atoms with Gasteiger partial charge in [-0.2, -0.15) is 0 Å². The monoisotopic (exact) mass is 300 g/mol. The Morgan fingerprint density at radius 1 is 1.33 bits per heavy atom. The summed E-state index contributed by atoms with van der Waals surface area (Å²) in [5.41, 5.74) is 4.37. The minimum atomic E-state index is 0.287. The van der Waals surface area contributed by atoms with Gasteiger partial charge in [-0.3, -0.25) is 0 Å². The lowest BCUT2D eigenvalue weighted by molar-refractivity contribution is 0.340. The predicted molar refractivity (Wildman–Crippen MR) is 89.8 cm³/mol. The topological polar surface area (TPSA) is 24.9 Å². The first kappa shape index (κ1) is 14.7. The number of thiazole rings is 1. The fourth-order valence-electron chi connectivity index (χ4n) is 3.33. The molecular formula is C18H24N2S. The maximum absolute atomic E-state index is 4.62. The average Bonchev–Trinajstić information content (AvgIpc) is 2.89. The second-order valence-electron chi connectivity index (χ2n) is 6.78. The van der Waals surface area contributed by atoms with Crippen LogP contribution in [-0.2, 0) is 5.41 Å². The molecule has 1 aromatic heterocycles. The van der Waals surface area contributed by atoms with Crippen LogP contribution in [0.15, 0.2) is 29.6 Å². The van der Waals surface area contributed by atoms with E-state index in [0.717, 1.165) is 5.69 Å². The summed E-state index contributed by atoms with van der Waals surface area (Å²) >= 11 is 1.75. The molecule has 3 rings (SSSR count). The fraction of sp³-hybridized carbons (Fsp3) is 0.500. The van der Waals surface area contributed by atoms with Gasteiger partial charge in [-0.1, -0.05) is 38.1 Å². The van der Waals surface area contributed by atoms with Crippen molar-refractivity contribution in [2.75, 3.05) is 0 Å². The van der Waals surface area contributed by atoms with Crippen molar-refractivity contribution < 1.29 is 0 Å². The van der Waals surface area contributed by atoms with E-state index in [1.165, 1.54) is 29.0 Å². The Hall–Kier alpha value is -1.19. The van der Waals surface area contributed by atoms with E-state index < -0.39 is 0 Å². The minimum Gasteiger partial charge on any atom is -0.301 e. The molecule has 21 heavy (non-hydrogen) atoms. The van der Waals surface area contributed by atoms with Crippen molar-refractivity contribution in [1.29, 1.82) is 0 Å². The van der Waals surface area contributed by atoms with Crippen LogP contribution in [0.2, 0.25) is 0 Å². The van der Waals surface area contributed by atoms with Crippen molar-refractivity contribution in [2.24, 2.45) is 0 Å². The average molecular weight is 300 g/mol. The number of hydrogen-bond donors (Lipinski definition) is 1. The molecule has 1 aromatic carbocycles. The number of rotatable bonds is 3. The second-order valence-corrected chi connectivity index (χ2v) is 7.67. The van der Waals surface area contributed by atoms with Crippen molar-refractivity contribution >= 4 is 11.3 Å². The first-order valence-electron chi connectivity index (χ1n) is 7.75. The number of aryl methyl sites for hydroxylation is 1. The summed E-state index contributed by atoms with van der Waals surface area (Å²) in [6.07, 6.45) is 2.42. The molecule has 1 aliphatic rings. The van der Waals surface area contributed by atoms with Crippen LogP contribution in [0.5, 0.6) is 0 Å². The zero-order chi connectivity index (χ0) is 15.0. The van der Waals surface area contributed by atoms with Gasteiger partial charge in [0.05, 0.1) is 6.04 Å². The molecule has 0 fully saturated rings. The van der Waals surface area contributed by atoms with Crippen LogP contribution in [0.4, 0.5) is 0 Å². The Balaban J connectivity index is 1.84. The molecule has 2 aromatic rings. The van der Waals surface area contributed by atoms with Crippen LogP contribution in [-0.4, -0.2) is 4.98 Å². The van der Waals surface area contributed by atoms with Crippen molar-refractivity contribution in [3.63, 3.8) is 0 Å². The van der Waals surface area contributed by atoms with E-state index in [2.05, 4.69) is 67.6 Å². The fourth-order valence-corrected chi connectivity index (χ4v) is 4.14. The number of benzene rings is 1. The van der Waals surface area contributed by atoms with Gasteiger partial charge in [0.1, 0.15) is 5.01 Å². The Bertz CT molecular complexity index is 630. The lowest BCUT2D eigenvalue weighted by atomic mass is 9.71. The highest BCUT2D eigenvalue weighted by atomic mass is 32.1. The number of fused-ring (bicyclic) bond motifs is 1. The van der Waals surface area contributed by atoms with E-state index >= 15 is 0 Å². The van der Waals surface area contributed by atoms with Crippen molar-refractivity contribution in [3.8, 4) is 0 Å². The van der Waals surface area contributed by atoms with Crippen molar-refractivity contribution in [1.82, 2.24) is 10.3 Å². The zero-order valence-electron chi connectivity index (χ0n) is 13.3. The van der Waals surface area contributed by atoms with E-state index in [-0.39, 0.29) is 5.41 Å². The molecule has 0 spiro atoms. The van der Waals surface area contributed by atoms with Gasteiger partial charge in [0.25, 0.3) is 0 Å². The van der Waals surface area contributed by atoms with Crippen LogP contribution in [0.1, 0.15) is 67.5 Å². The Labute approximate surface area is 131 Å². The number of nitrogens with zero attached hydrogens (tertiary/aromatic N) is 1. The van der Waals surface area contributed by atoms with Crippen LogP contribution < -0.4 is 5.32 Å². The first-order valence-corrected chi connectivity index (χ1v) is 8.63. The molecule has 1 N–H and O–H groups in total. The van der Waals surface area contributed by atoms with Crippen LogP contribution in [0.3, 0.4) is 0 Å². The number of hydrogen-bond acceptors (Lipinski definition) is 3. The molecule has 3 heteroatoms. The first-order chi connectivity index (χ1) is 9.97. The van der Waals surface area contributed by atoms with Crippen LogP contribution >= 0.6 is 11.3 Å². The standard InChI is InChI=1S/C18H24N2S/c1-12-11-21-17(19-12)13(2)20-16-9-10-18(3,4)15-8-6-5-7-14(15)16/h5-8,11,13,16,20H,9-10H2,1-4H3. The summed E-state index contributed by atoms with van der Waals surface area (Å²) in [6, 6.07) is 9.65. The maximum Gasteiger partial charge on any atom is 0.110 e. The third-order valence-electron chi connectivity index (χ3n) is 4.58. The van der Waals surface area contributed by atoms with Gasteiger partial charge in [0.15, 0.2) is 0 Å². The molecule has 1 heterocycles. The summed E-state index contributed by atoms with van der Waals surface area (Å²) in [6.45, 7) is 9.00. The highest BCUT2D eigenvalue weighted by Gasteiger charge is 2.32. The van der Waals surface area contributed by atoms with Crippen LogP contribution in [0, 0.1) is 6.92 Å². The maximum atomic E-state index is 4.62. The summed E-state index contributed by atoms with van der Waals surface area (Å²) in [4.78, 5) is 4.62. The summed E-state index contributed by atoms with van der Waals surface area (Å²) < 4.78 is 0. The smallest absolute Gasteiger partial charge is 0.110 e. The lowest BCUT2D eigenvalue weighted by Crippen LogP contribution is -2.33. The molecule has 0 radical (unpaired) electrons. The summed E-state index contributed by atoms with van der Waals surface area (Å²) in [5, 5.41) is 7.11. The molecule has 0 saturated heterocycles. The number of aromatic nitrogens is 1. The molecule has 1 aliphatic carbocycles. The van der Waals surface area contributed by atoms with E-state index in [1.54, 1.807) is 11.3 Å². The van der Waals surface area contributed by atoms with Gasteiger partial charge < -0.3 is 5.32 Å². The quantitative estimate of drug-likeness (QED) is 0.870. The Morgan fingerprint density at radius 3 is 2.81 bits per heavy atom. The molecule has 0 bridgehead atoms. The van der Waals surface area contributed by atoms with E-state index in [4.69, 9.17) is 0 Å². The Morgan fingerprint density at radius 2 is 2.10 bits per heavy atom. The van der Waals surface area contributed by atoms with Gasteiger partial charge in [-0.25, -0.2) is 4.98 Å².